The second-order valence-electron chi connectivity index (χ2n) is 7.63. The minimum absolute atomic E-state index is 0.133. The second-order valence-corrected chi connectivity index (χ2v) is 7.63. The number of carbonyl (C=O) groups excluding carboxylic acids is 1. The van der Waals surface area contributed by atoms with E-state index in [0.29, 0.717) is 30.7 Å². The molecule has 0 spiro atoms. The van der Waals surface area contributed by atoms with E-state index in [2.05, 4.69) is 21.9 Å². The Labute approximate surface area is 158 Å². The molecule has 0 radical (unpaired) electrons. The number of amides is 1. The van der Waals surface area contributed by atoms with Gasteiger partial charge in [-0.15, -0.1) is 0 Å². The van der Waals surface area contributed by atoms with Crippen LogP contribution in [0.2, 0.25) is 0 Å². The van der Waals surface area contributed by atoms with Gasteiger partial charge in [-0.2, -0.15) is 0 Å². The van der Waals surface area contributed by atoms with Crippen molar-refractivity contribution in [3.8, 4) is 0 Å². The highest BCUT2D eigenvalue weighted by Crippen LogP contribution is 2.25. The standard InChI is InChI=1S/C19H27N5O3/c1-13-11-17-20-12-16(19(26)24(17)21-13)18(25)23-5-3-15(4-6-23)14(2)22-7-9-27-10-8-22/h11-12,14-15,21H,3-10H2,1-2H3/t14-/m1/s1. The molecule has 4 rings (SSSR count). The number of aryl methyl sites for hydroxylation is 1. The lowest BCUT2D eigenvalue weighted by atomic mass is 9.89. The summed E-state index contributed by atoms with van der Waals surface area (Å²) >= 11 is 0. The molecule has 2 aromatic heterocycles. The van der Waals surface area contributed by atoms with E-state index >= 15 is 0 Å². The molecule has 8 heteroatoms. The molecular formula is C19H27N5O3. The fourth-order valence-corrected chi connectivity index (χ4v) is 4.27. The number of nitrogens with zero attached hydrogens (tertiary/aromatic N) is 4. The fourth-order valence-electron chi connectivity index (χ4n) is 4.27. The molecule has 146 valence electrons. The van der Waals surface area contributed by atoms with Crippen molar-refractivity contribution in [2.75, 3.05) is 39.4 Å². The molecule has 2 saturated heterocycles. The Balaban J connectivity index is 1.43. The number of H-pyrrole nitrogens is 1. The number of rotatable bonds is 3. The number of carbonyl (C=O) groups is 1. The number of hydrogen-bond donors (Lipinski definition) is 1. The van der Waals surface area contributed by atoms with Crippen molar-refractivity contribution in [1.82, 2.24) is 24.4 Å². The van der Waals surface area contributed by atoms with Crippen LogP contribution in [-0.2, 0) is 4.74 Å². The number of nitrogens with one attached hydrogen (secondary N) is 1. The van der Waals surface area contributed by atoms with Gasteiger partial charge in [-0.3, -0.25) is 19.6 Å². The van der Waals surface area contributed by atoms with Crippen LogP contribution in [0.4, 0.5) is 0 Å². The number of piperidine rings is 1. The van der Waals surface area contributed by atoms with Gasteiger partial charge in [-0.1, -0.05) is 0 Å². The lowest BCUT2D eigenvalue weighted by molar-refractivity contribution is -0.000965. The van der Waals surface area contributed by atoms with Crippen LogP contribution in [0.3, 0.4) is 0 Å². The summed E-state index contributed by atoms with van der Waals surface area (Å²) in [6.07, 6.45) is 3.33. The van der Waals surface area contributed by atoms with Gasteiger partial charge >= 0.3 is 0 Å². The van der Waals surface area contributed by atoms with Crippen LogP contribution in [0, 0.1) is 12.8 Å². The molecule has 8 nitrogen and oxygen atoms in total. The summed E-state index contributed by atoms with van der Waals surface area (Å²) in [6, 6.07) is 2.28. The van der Waals surface area contributed by atoms with Crippen molar-refractivity contribution < 1.29 is 9.53 Å². The van der Waals surface area contributed by atoms with Gasteiger partial charge < -0.3 is 9.64 Å². The Kier molecular flexibility index (Phi) is 5.01. The van der Waals surface area contributed by atoms with Crippen molar-refractivity contribution >= 4 is 11.6 Å². The summed E-state index contributed by atoms with van der Waals surface area (Å²) in [5.74, 6) is 0.353. The van der Waals surface area contributed by atoms with E-state index in [1.165, 1.54) is 10.7 Å². The molecule has 1 amide bonds. The molecule has 0 bridgehead atoms. The van der Waals surface area contributed by atoms with E-state index in [1.54, 1.807) is 11.0 Å². The molecule has 0 unspecified atom stereocenters. The van der Waals surface area contributed by atoms with E-state index in [9.17, 15) is 9.59 Å². The third kappa shape index (κ3) is 3.51. The van der Waals surface area contributed by atoms with Gasteiger partial charge in [-0.25, -0.2) is 9.50 Å². The summed E-state index contributed by atoms with van der Waals surface area (Å²) in [7, 11) is 0. The first kappa shape index (κ1) is 18.2. The third-order valence-electron chi connectivity index (χ3n) is 5.98. The van der Waals surface area contributed by atoms with E-state index in [4.69, 9.17) is 4.74 Å². The maximum absolute atomic E-state index is 12.9. The predicted molar refractivity (Wildman–Crippen MR) is 101 cm³/mol. The summed E-state index contributed by atoms with van der Waals surface area (Å²) in [6.45, 7) is 9.09. The number of hydrogen-bond acceptors (Lipinski definition) is 5. The predicted octanol–water partition coefficient (Wildman–Crippen LogP) is 0.904. The SMILES string of the molecule is Cc1cc2ncc(C(=O)N3CCC([C@@H](C)N4CCOCC4)CC3)c(=O)n2[nH]1. The number of morpholine rings is 1. The molecule has 0 aliphatic carbocycles. The van der Waals surface area contributed by atoms with E-state index in [-0.39, 0.29) is 17.0 Å². The summed E-state index contributed by atoms with van der Waals surface area (Å²) in [5.41, 5.74) is 1.17. The van der Waals surface area contributed by atoms with Gasteiger partial charge in [0.15, 0.2) is 5.65 Å². The maximum Gasteiger partial charge on any atom is 0.285 e. The Morgan fingerprint density at radius 2 is 1.96 bits per heavy atom. The topological polar surface area (TPSA) is 82.9 Å². The van der Waals surface area contributed by atoms with Crippen LogP contribution < -0.4 is 5.56 Å². The third-order valence-corrected chi connectivity index (χ3v) is 5.98. The maximum atomic E-state index is 12.9. The average molecular weight is 373 g/mol. The number of aromatic amines is 1. The molecule has 1 N–H and O–H groups in total. The molecular weight excluding hydrogens is 346 g/mol. The van der Waals surface area contributed by atoms with Crippen molar-refractivity contribution in [3.05, 3.63) is 33.9 Å². The van der Waals surface area contributed by atoms with Crippen LogP contribution >= 0.6 is 0 Å². The monoisotopic (exact) mass is 373 g/mol. The molecule has 2 fully saturated rings. The molecule has 27 heavy (non-hydrogen) atoms. The van der Waals surface area contributed by atoms with Crippen molar-refractivity contribution in [3.63, 3.8) is 0 Å². The van der Waals surface area contributed by atoms with Gasteiger partial charge in [0.25, 0.3) is 11.5 Å². The van der Waals surface area contributed by atoms with Crippen LogP contribution in [0.15, 0.2) is 17.1 Å². The van der Waals surface area contributed by atoms with E-state index < -0.39 is 0 Å². The summed E-state index contributed by atoms with van der Waals surface area (Å²) in [4.78, 5) is 34.0. The first-order valence-corrected chi connectivity index (χ1v) is 9.73. The van der Waals surface area contributed by atoms with Gasteiger partial charge in [-0.05, 0) is 32.6 Å². The largest absolute Gasteiger partial charge is 0.379 e. The highest BCUT2D eigenvalue weighted by atomic mass is 16.5. The Hall–Kier alpha value is -2.19. The van der Waals surface area contributed by atoms with E-state index in [1.807, 2.05) is 6.92 Å². The first-order chi connectivity index (χ1) is 13.0. The quantitative estimate of drug-likeness (QED) is 0.865. The lowest BCUT2D eigenvalue weighted by Crippen LogP contribution is -2.49. The average Bonchev–Trinajstić information content (AvgIpc) is 3.09. The van der Waals surface area contributed by atoms with Crippen molar-refractivity contribution in [2.45, 2.75) is 32.7 Å². The molecule has 0 saturated carbocycles. The van der Waals surface area contributed by atoms with Crippen molar-refractivity contribution in [2.24, 2.45) is 5.92 Å². The lowest BCUT2D eigenvalue weighted by Gasteiger charge is -2.41. The number of aromatic nitrogens is 3. The second kappa shape index (κ2) is 7.44. The molecule has 0 aromatic carbocycles. The Bertz CT molecular complexity index is 875. The molecule has 2 aliphatic heterocycles. The number of fused-ring (bicyclic) bond motifs is 1. The highest BCUT2D eigenvalue weighted by Gasteiger charge is 2.31. The number of likely N-dealkylation sites (tertiary alicyclic amines) is 1. The zero-order valence-electron chi connectivity index (χ0n) is 16.0. The smallest absolute Gasteiger partial charge is 0.285 e. The summed E-state index contributed by atoms with van der Waals surface area (Å²) in [5, 5.41) is 2.94. The van der Waals surface area contributed by atoms with E-state index in [0.717, 1.165) is 44.8 Å². The molecule has 2 aliphatic rings. The van der Waals surface area contributed by atoms with Gasteiger partial charge in [0.1, 0.15) is 5.56 Å². The Morgan fingerprint density at radius 1 is 1.26 bits per heavy atom. The minimum atomic E-state index is -0.332. The highest BCUT2D eigenvalue weighted by molar-refractivity contribution is 5.93. The Morgan fingerprint density at radius 3 is 2.67 bits per heavy atom. The van der Waals surface area contributed by atoms with Crippen molar-refractivity contribution in [1.29, 1.82) is 0 Å². The van der Waals surface area contributed by atoms with Crippen LogP contribution in [0.25, 0.3) is 5.65 Å². The van der Waals surface area contributed by atoms with Crippen LogP contribution in [-0.4, -0.2) is 75.7 Å². The minimum Gasteiger partial charge on any atom is -0.379 e. The zero-order valence-corrected chi connectivity index (χ0v) is 16.0. The van der Waals surface area contributed by atoms with Gasteiger partial charge in [0, 0.05) is 50.2 Å². The normalized spacial score (nSPS) is 20.9. The van der Waals surface area contributed by atoms with Gasteiger partial charge in [0.05, 0.1) is 13.2 Å². The zero-order chi connectivity index (χ0) is 19.0. The summed E-state index contributed by atoms with van der Waals surface area (Å²) < 4.78 is 6.79. The number of ether oxygens (including phenoxy) is 1. The first-order valence-electron chi connectivity index (χ1n) is 9.73. The van der Waals surface area contributed by atoms with Crippen LogP contribution in [0.1, 0.15) is 35.8 Å². The molecule has 1 atom stereocenters. The molecule has 2 aromatic rings. The fraction of sp³-hybridized carbons (Fsp3) is 0.632. The van der Waals surface area contributed by atoms with Gasteiger partial charge in [0.2, 0.25) is 0 Å². The van der Waals surface area contributed by atoms with Crippen LogP contribution in [0.5, 0.6) is 0 Å². The molecule has 4 heterocycles.